The number of amides is 1. The van der Waals surface area contributed by atoms with Crippen molar-refractivity contribution in [2.75, 3.05) is 5.32 Å². The van der Waals surface area contributed by atoms with Crippen LogP contribution in [-0.2, 0) is 0 Å². The number of carbonyl (C=O) groups excluding carboxylic acids is 1. The molecular formula is C23H26N2OS. The molecule has 3 nitrogen and oxygen atoms in total. The van der Waals surface area contributed by atoms with E-state index in [0.717, 1.165) is 30.5 Å². The van der Waals surface area contributed by atoms with Crippen LogP contribution < -0.4 is 10.6 Å². The van der Waals surface area contributed by atoms with Gasteiger partial charge in [0.2, 0.25) is 0 Å². The summed E-state index contributed by atoms with van der Waals surface area (Å²) in [4.78, 5) is 14.5. The zero-order valence-electron chi connectivity index (χ0n) is 15.5. The molecule has 3 atom stereocenters. The average molecular weight is 379 g/mol. The Morgan fingerprint density at radius 1 is 1.11 bits per heavy atom. The van der Waals surface area contributed by atoms with Gasteiger partial charge in [-0.3, -0.25) is 4.79 Å². The molecule has 1 amide bonds. The van der Waals surface area contributed by atoms with Gasteiger partial charge in [0.1, 0.15) is 0 Å². The van der Waals surface area contributed by atoms with Crippen LogP contribution in [0.5, 0.6) is 0 Å². The fourth-order valence-corrected chi connectivity index (χ4v) is 5.92. The molecule has 2 N–H and O–H groups in total. The average Bonchev–Trinajstić information content (AvgIpc) is 3.40. The Balaban J connectivity index is 1.48. The summed E-state index contributed by atoms with van der Waals surface area (Å²) in [5.41, 5.74) is 3.12. The molecule has 1 saturated carbocycles. The Kier molecular flexibility index (Phi) is 4.52. The molecule has 2 heterocycles. The minimum atomic E-state index is 0.0802. The number of fused-ring (bicyclic) bond motifs is 3. The highest BCUT2D eigenvalue weighted by Gasteiger charge is 2.39. The molecule has 4 heteroatoms. The van der Waals surface area contributed by atoms with E-state index in [1.165, 1.54) is 29.7 Å². The number of carbonyl (C=O) groups is 1. The number of thiophene rings is 1. The molecule has 1 aromatic carbocycles. The topological polar surface area (TPSA) is 41.1 Å². The predicted octanol–water partition coefficient (Wildman–Crippen LogP) is 5.64. The zero-order chi connectivity index (χ0) is 18.2. The summed E-state index contributed by atoms with van der Waals surface area (Å²) in [7, 11) is 0. The number of allylic oxidation sites excluding steroid dienone is 2. The number of hydrogen-bond donors (Lipinski definition) is 2. The molecule has 0 bridgehead atoms. The van der Waals surface area contributed by atoms with Gasteiger partial charge in [-0.1, -0.05) is 49.6 Å². The Morgan fingerprint density at radius 2 is 2.00 bits per heavy atom. The van der Waals surface area contributed by atoms with Crippen molar-refractivity contribution in [2.24, 2.45) is 5.92 Å². The maximum atomic E-state index is 13.1. The highest BCUT2D eigenvalue weighted by Crippen LogP contribution is 2.51. The van der Waals surface area contributed by atoms with E-state index in [4.69, 9.17) is 0 Å². The molecule has 2 aliphatic carbocycles. The zero-order valence-corrected chi connectivity index (χ0v) is 16.3. The Bertz CT molecular complexity index is 851. The van der Waals surface area contributed by atoms with Crippen LogP contribution in [0.2, 0.25) is 0 Å². The Morgan fingerprint density at radius 3 is 2.81 bits per heavy atom. The molecule has 27 heavy (non-hydrogen) atoms. The first-order chi connectivity index (χ1) is 13.3. The standard InChI is InChI=1S/C23H26N2OS/c26-23(24-15-7-2-1-3-8-15)19-12-5-10-17-16-9-4-11-18(16)22(25-21(17)19)20-13-6-14-27-20/h4-6,9-10,12-16,18,22,25H,1-3,7-8,11H2,(H,24,26). The van der Waals surface area contributed by atoms with Crippen LogP contribution in [0.4, 0.5) is 5.69 Å². The second kappa shape index (κ2) is 7.16. The van der Waals surface area contributed by atoms with Crippen molar-refractivity contribution in [3.8, 4) is 0 Å². The van der Waals surface area contributed by atoms with E-state index in [1.807, 2.05) is 12.1 Å². The third-order valence-corrected chi connectivity index (χ3v) is 7.39. The van der Waals surface area contributed by atoms with Crippen molar-refractivity contribution in [1.29, 1.82) is 0 Å². The van der Waals surface area contributed by atoms with E-state index >= 15 is 0 Å². The van der Waals surface area contributed by atoms with Crippen molar-refractivity contribution < 1.29 is 4.79 Å². The summed E-state index contributed by atoms with van der Waals surface area (Å²) in [6.07, 6.45) is 11.7. The monoisotopic (exact) mass is 378 g/mol. The number of anilines is 1. The number of para-hydroxylation sites is 1. The molecule has 140 valence electrons. The van der Waals surface area contributed by atoms with Crippen LogP contribution in [-0.4, -0.2) is 11.9 Å². The summed E-state index contributed by atoms with van der Waals surface area (Å²) in [5, 5.41) is 9.21. The maximum absolute atomic E-state index is 13.1. The molecule has 1 aliphatic heterocycles. The lowest BCUT2D eigenvalue weighted by molar-refractivity contribution is 0.0928. The number of benzene rings is 1. The molecular weight excluding hydrogens is 352 g/mol. The third-order valence-electron chi connectivity index (χ3n) is 6.43. The minimum absolute atomic E-state index is 0.0802. The summed E-state index contributed by atoms with van der Waals surface area (Å²) in [6.45, 7) is 0. The van der Waals surface area contributed by atoms with Crippen molar-refractivity contribution in [1.82, 2.24) is 5.32 Å². The first-order valence-corrected chi connectivity index (χ1v) is 11.1. The van der Waals surface area contributed by atoms with Gasteiger partial charge in [0.05, 0.1) is 17.3 Å². The van der Waals surface area contributed by atoms with Gasteiger partial charge in [0.15, 0.2) is 0 Å². The fourth-order valence-electron chi connectivity index (χ4n) is 5.07. The molecule has 0 radical (unpaired) electrons. The Hall–Kier alpha value is -2.07. The van der Waals surface area contributed by atoms with E-state index in [9.17, 15) is 4.79 Å². The highest BCUT2D eigenvalue weighted by atomic mass is 32.1. The lowest BCUT2D eigenvalue weighted by Gasteiger charge is -2.37. The molecule has 3 aliphatic rings. The maximum Gasteiger partial charge on any atom is 0.253 e. The Labute approximate surface area is 164 Å². The lowest BCUT2D eigenvalue weighted by atomic mass is 9.78. The van der Waals surface area contributed by atoms with Gasteiger partial charge in [-0.2, -0.15) is 0 Å². The van der Waals surface area contributed by atoms with Crippen molar-refractivity contribution in [3.05, 3.63) is 63.9 Å². The first-order valence-electron chi connectivity index (χ1n) is 10.2. The van der Waals surface area contributed by atoms with Gasteiger partial charge >= 0.3 is 0 Å². The van der Waals surface area contributed by atoms with E-state index in [0.29, 0.717) is 17.9 Å². The highest BCUT2D eigenvalue weighted by molar-refractivity contribution is 7.10. The van der Waals surface area contributed by atoms with E-state index in [2.05, 4.69) is 46.4 Å². The molecule has 2 aromatic rings. The van der Waals surface area contributed by atoms with E-state index < -0.39 is 0 Å². The summed E-state index contributed by atoms with van der Waals surface area (Å²) < 4.78 is 0. The van der Waals surface area contributed by atoms with Gasteiger partial charge in [0, 0.05) is 16.8 Å². The van der Waals surface area contributed by atoms with Crippen LogP contribution in [0.25, 0.3) is 0 Å². The predicted molar refractivity (Wildman–Crippen MR) is 111 cm³/mol. The molecule has 0 spiro atoms. The molecule has 1 fully saturated rings. The SMILES string of the molecule is O=C(NC1CCCCC1)c1cccc2c1NC(c1cccs1)C1CC=CC21. The van der Waals surface area contributed by atoms with Gasteiger partial charge in [-0.15, -0.1) is 11.3 Å². The van der Waals surface area contributed by atoms with E-state index in [-0.39, 0.29) is 11.9 Å². The third kappa shape index (κ3) is 3.10. The van der Waals surface area contributed by atoms with Crippen LogP contribution >= 0.6 is 11.3 Å². The van der Waals surface area contributed by atoms with Crippen molar-refractivity contribution in [3.63, 3.8) is 0 Å². The van der Waals surface area contributed by atoms with Gasteiger partial charge in [0.25, 0.3) is 5.91 Å². The van der Waals surface area contributed by atoms with E-state index in [1.54, 1.807) is 11.3 Å². The largest absolute Gasteiger partial charge is 0.376 e. The molecule has 3 unspecified atom stereocenters. The summed E-state index contributed by atoms with van der Waals surface area (Å²) >= 11 is 1.80. The van der Waals surface area contributed by atoms with Gasteiger partial charge in [-0.25, -0.2) is 0 Å². The summed E-state index contributed by atoms with van der Waals surface area (Å²) in [6, 6.07) is 11.2. The fraction of sp³-hybridized carbons (Fsp3) is 0.435. The van der Waals surface area contributed by atoms with Crippen molar-refractivity contribution >= 4 is 22.9 Å². The second-order valence-electron chi connectivity index (χ2n) is 8.07. The summed E-state index contributed by atoms with van der Waals surface area (Å²) in [5.74, 6) is 1.01. The van der Waals surface area contributed by atoms with Crippen molar-refractivity contribution in [2.45, 2.75) is 56.5 Å². The quantitative estimate of drug-likeness (QED) is 0.679. The molecule has 1 aromatic heterocycles. The van der Waals surface area contributed by atoms with Crippen LogP contribution in [0.3, 0.4) is 0 Å². The number of hydrogen-bond acceptors (Lipinski definition) is 3. The minimum Gasteiger partial charge on any atom is -0.376 e. The number of rotatable bonds is 3. The lowest BCUT2D eigenvalue weighted by Crippen LogP contribution is -2.37. The molecule has 5 rings (SSSR count). The van der Waals surface area contributed by atoms with Crippen LogP contribution in [0.1, 0.15) is 71.3 Å². The van der Waals surface area contributed by atoms with Gasteiger partial charge < -0.3 is 10.6 Å². The second-order valence-corrected chi connectivity index (χ2v) is 9.05. The number of nitrogens with one attached hydrogen (secondary N) is 2. The van der Waals surface area contributed by atoms with Gasteiger partial charge in [-0.05, 0) is 48.3 Å². The smallest absolute Gasteiger partial charge is 0.253 e. The molecule has 0 saturated heterocycles. The first kappa shape index (κ1) is 17.1. The normalized spacial score (nSPS) is 26.9. The van der Waals surface area contributed by atoms with Crippen LogP contribution in [0, 0.1) is 5.92 Å². The van der Waals surface area contributed by atoms with Crippen LogP contribution in [0.15, 0.2) is 47.9 Å².